The van der Waals surface area contributed by atoms with E-state index in [9.17, 15) is 5.11 Å². The predicted molar refractivity (Wildman–Crippen MR) is 77.0 cm³/mol. The molecule has 0 spiro atoms. The van der Waals surface area contributed by atoms with Gasteiger partial charge in [-0.05, 0) is 37.1 Å². The molecule has 1 saturated carbocycles. The van der Waals surface area contributed by atoms with Crippen LogP contribution in [-0.4, -0.2) is 31.0 Å². The first-order chi connectivity index (χ1) is 9.24. The van der Waals surface area contributed by atoms with Gasteiger partial charge in [0.2, 0.25) is 0 Å². The first-order valence-corrected chi connectivity index (χ1v) is 7.16. The van der Waals surface area contributed by atoms with E-state index in [1.807, 2.05) is 24.3 Å². The lowest BCUT2D eigenvalue weighted by Crippen LogP contribution is -2.23. The summed E-state index contributed by atoms with van der Waals surface area (Å²) in [6, 6.07) is 7.48. The van der Waals surface area contributed by atoms with Crippen LogP contribution in [0, 0.1) is 17.8 Å². The van der Waals surface area contributed by atoms with E-state index in [0.717, 1.165) is 10.2 Å². The molecule has 0 amide bonds. The molecule has 1 aliphatic carbocycles. The summed E-state index contributed by atoms with van der Waals surface area (Å²) in [5, 5.41) is 9.68. The summed E-state index contributed by atoms with van der Waals surface area (Å²) in [7, 11) is 0. The summed E-state index contributed by atoms with van der Waals surface area (Å²) in [5.74, 6) is 7.38. The van der Waals surface area contributed by atoms with Crippen molar-refractivity contribution < 1.29 is 14.6 Å². The SMILES string of the molecule is OC(COCC#CC1CC1)COc1ccc(Br)cc1. The van der Waals surface area contributed by atoms with Crippen molar-refractivity contribution in [2.75, 3.05) is 19.8 Å². The predicted octanol–water partition coefficient (Wildman–Crippen LogP) is 2.62. The van der Waals surface area contributed by atoms with Crippen LogP contribution in [0.15, 0.2) is 28.7 Å². The number of rotatable bonds is 6. The number of aliphatic hydroxyl groups excluding tert-OH is 1. The van der Waals surface area contributed by atoms with Crippen LogP contribution in [0.5, 0.6) is 5.75 Å². The molecule has 0 radical (unpaired) electrons. The van der Waals surface area contributed by atoms with Gasteiger partial charge in [0.15, 0.2) is 0 Å². The summed E-state index contributed by atoms with van der Waals surface area (Å²) in [5.41, 5.74) is 0. The standard InChI is InChI=1S/C15H17BrO3/c16-13-5-7-15(8-6-13)19-11-14(17)10-18-9-1-2-12-3-4-12/h5-8,12,14,17H,3-4,9-11H2. The van der Waals surface area contributed by atoms with Crippen LogP contribution in [0.2, 0.25) is 0 Å². The van der Waals surface area contributed by atoms with Crippen molar-refractivity contribution in [3.8, 4) is 17.6 Å². The molecule has 1 atom stereocenters. The molecule has 0 heterocycles. The highest BCUT2D eigenvalue weighted by atomic mass is 79.9. The second-order valence-electron chi connectivity index (χ2n) is 4.53. The maximum absolute atomic E-state index is 9.68. The highest BCUT2D eigenvalue weighted by molar-refractivity contribution is 9.10. The van der Waals surface area contributed by atoms with Crippen LogP contribution in [0.25, 0.3) is 0 Å². The van der Waals surface area contributed by atoms with E-state index in [4.69, 9.17) is 9.47 Å². The van der Waals surface area contributed by atoms with Crippen LogP contribution in [0.1, 0.15) is 12.8 Å². The van der Waals surface area contributed by atoms with Crippen molar-refractivity contribution in [1.29, 1.82) is 0 Å². The van der Waals surface area contributed by atoms with E-state index >= 15 is 0 Å². The summed E-state index contributed by atoms with van der Waals surface area (Å²) >= 11 is 3.35. The fourth-order valence-corrected chi connectivity index (χ4v) is 1.70. The van der Waals surface area contributed by atoms with E-state index in [1.165, 1.54) is 12.8 Å². The Morgan fingerprint density at radius 3 is 2.68 bits per heavy atom. The van der Waals surface area contributed by atoms with Crippen molar-refractivity contribution in [1.82, 2.24) is 0 Å². The van der Waals surface area contributed by atoms with Gasteiger partial charge in [-0.15, -0.1) is 0 Å². The number of hydrogen-bond acceptors (Lipinski definition) is 3. The molecule has 4 heteroatoms. The van der Waals surface area contributed by atoms with Gasteiger partial charge in [-0.2, -0.15) is 0 Å². The Labute approximate surface area is 122 Å². The van der Waals surface area contributed by atoms with Crippen molar-refractivity contribution in [3.05, 3.63) is 28.7 Å². The summed E-state index contributed by atoms with van der Waals surface area (Å²) in [6.45, 7) is 0.847. The third-order valence-corrected chi connectivity index (χ3v) is 3.15. The van der Waals surface area contributed by atoms with Gasteiger partial charge in [-0.25, -0.2) is 0 Å². The van der Waals surface area contributed by atoms with Crippen molar-refractivity contribution in [2.24, 2.45) is 5.92 Å². The van der Waals surface area contributed by atoms with Crippen LogP contribution in [-0.2, 0) is 4.74 Å². The van der Waals surface area contributed by atoms with E-state index in [1.54, 1.807) is 0 Å². The van der Waals surface area contributed by atoms with Gasteiger partial charge in [0.25, 0.3) is 0 Å². The summed E-state index contributed by atoms with van der Waals surface area (Å²) in [4.78, 5) is 0. The Balaban J connectivity index is 1.57. The molecule has 0 aromatic heterocycles. The molecular weight excluding hydrogens is 308 g/mol. The van der Waals surface area contributed by atoms with Crippen molar-refractivity contribution >= 4 is 15.9 Å². The Hall–Kier alpha value is -1.02. The summed E-state index contributed by atoms with van der Waals surface area (Å²) in [6.07, 6.45) is 1.80. The van der Waals surface area contributed by atoms with Crippen LogP contribution in [0.4, 0.5) is 0 Å². The number of ether oxygens (including phenoxy) is 2. The number of hydrogen-bond donors (Lipinski definition) is 1. The van der Waals surface area contributed by atoms with Gasteiger partial charge >= 0.3 is 0 Å². The molecule has 1 aliphatic rings. The maximum atomic E-state index is 9.68. The molecule has 1 aromatic rings. The van der Waals surface area contributed by atoms with Crippen LogP contribution in [0.3, 0.4) is 0 Å². The number of aliphatic hydroxyl groups is 1. The minimum absolute atomic E-state index is 0.220. The normalized spacial score (nSPS) is 15.5. The monoisotopic (exact) mass is 324 g/mol. The van der Waals surface area contributed by atoms with Gasteiger partial charge in [0.05, 0.1) is 6.61 Å². The van der Waals surface area contributed by atoms with Gasteiger partial charge < -0.3 is 14.6 Å². The van der Waals surface area contributed by atoms with Gasteiger partial charge in [0.1, 0.15) is 25.1 Å². The topological polar surface area (TPSA) is 38.7 Å². The minimum Gasteiger partial charge on any atom is -0.491 e. The molecule has 0 saturated heterocycles. The number of halogens is 1. The molecule has 0 aliphatic heterocycles. The van der Waals surface area contributed by atoms with Gasteiger partial charge in [-0.3, -0.25) is 0 Å². The average Bonchev–Trinajstić information content (AvgIpc) is 3.22. The quantitative estimate of drug-likeness (QED) is 0.645. The van der Waals surface area contributed by atoms with E-state index in [2.05, 4.69) is 27.8 Å². The van der Waals surface area contributed by atoms with E-state index < -0.39 is 6.10 Å². The smallest absolute Gasteiger partial charge is 0.119 e. The second kappa shape index (κ2) is 7.54. The first-order valence-electron chi connectivity index (χ1n) is 6.36. The maximum Gasteiger partial charge on any atom is 0.119 e. The van der Waals surface area contributed by atoms with Gasteiger partial charge in [0, 0.05) is 10.4 Å². The molecule has 19 heavy (non-hydrogen) atoms. The Morgan fingerprint density at radius 2 is 2.00 bits per heavy atom. The fraction of sp³-hybridized carbons (Fsp3) is 0.467. The molecule has 1 aromatic carbocycles. The molecule has 3 nitrogen and oxygen atoms in total. The van der Waals surface area contributed by atoms with Crippen molar-refractivity contribution in [2.45, 2.75) is 18.9 Å². The van der Waals surface area contributed by atoms with E-state index in [0.29, 0.717) is 12.5 Å². The lowest BCUT2D eigenvalue weighted by molar-refractivity contribution is 0.0228. The average molecular weight is 325 g/mol. The molecular formula is C15H17BrO3. The third kappa shape index (κ3) is 6.11. The highest BCUT2D eigenvalue weighted by Gasteiger charge is 2.17. The Kier molecular flexibility index (Phi) is 5.71. The molecule has 1 N–H and O–H groups in total. The molecule has 102 valence electrons. The zero-order chi connectivity index (χ0) is 13.5. The first kappa shape index (κ1) is 14.4. The zero-order valence-corrected chi connectivity index (χ0v) is 12.2. The highest BCUT2D eigenvalue weighted by Crippen LogP contribution is 2.27. The number of benzene rings is 1. The van der Waals surface area contributed by atoms with Crippen molar-refractivity contribution in [3.63, 3.8) is 0 Å². The third-order valence-electron chi connectivity index (χ3n) is 2.62. The second-order valence-corrected chi connectivity index (χ2v) is 5.44. The summed E-state index contributed by atoms with van der Waals surface area (Å²) < 4.78 is 11.7. The zero-order valence-electron chi connectivity index (χ0n) is 10.6. The Morgan fingerprint density at radius 1 is 1.26 bits per heavy atom. The minimum atomic E-state index is -0.633. The fourth-order valence-electron chi connectivity index (χ4n) is 1.43. The largest absolute Gasteiger partial charge is 0.491 e. The molecule has 0 bridgehead atoms. The molecule has 1 fully saturated rings. The van der Waals surface area contributed by atoms with Crippen LogP contribution >= 0.6 is 15.9 Å². The molecule has 1 unspecified atom stereocenters. The lowest BCUT2D eigenvalue weighted by Gasteiger charge is -2.11. The van der Waals surface area contributed by atoms with E-state index in [-0.39, 0.29) is 13.2 Å². The lowest BCUT2D eigenvalue weighted by atomic mass is 10.3. The molecule has 2 rings (SSSR count). The van der Waals surface area contributed by atoms with Crippen LogP contribution < -0.4 is 4.74 Å². The van der Waals surface area contributed by atoms with Gasteiger partial charge in [-0.1, -0.05) is 27.8 Å². The Bertz CT molecular complexity index is 443.